The van der Waals surface area contributed by atoms with Crippen LogP contribution in [-0.2, 0) is 12.8 Å². The summed E-state index contributed by atoms with van der Waals surface area (Å²) in [6.07, 6.45) is 0.192. The molecule has 1 aliphatic rings. The van der Waals surface area contributed by atoms with Gasteiger partial charge < -0.3 is 10.2 Å². The predicted octanol–water partition coefficient (Wildman–Crippen LogP) is 2.25. The van der Waals surface area contributed by atoms with Crippen LogP contribution in [-0.4, -0.2) is 15.8 Å². The van der Waals surface area contributed by atoms with Crippen molar-refractivity contribution in [3.8, 4) is 0 Å². The molecular formula is C16H16O2. The number of rotatable bonds is 2. The molecule has 0 heterocycles. The van der Waals surface area contributed by atoms with E-state index in [2.05, 4.69) is 0 Å². The van der Waals surface area contributed by atoms with Gasteiger partial charge in [-0.3, -0.25) is 0 Å². The third kappa shape index (κ3) is 1.84. The highest BCUT2D eigenvalue weighted by molar-refractivity contribution is 5.39. The van der Waals surface area contributed by atoms with Gasteiger partial charge in [-0.15, -0.1) is 0 Å². The molecule has 0 saturated carbocycles. The van der Waals surface area contributed by atoms with Crippen molar-refractivity contribution in [1.29, 1.82) is 0 Å². The molecule has 2 N–H and O–H groups in total. The normalized spacial score (nSPS) is 26.0. The molecular weight excluding hydrogens is 224 g/mol. The molecule has 2 nitrogen and oxygen atoms in total. The van der Waals surface area contributed by atoms with Crippen molar-refractivity contribution in [2.24, 2.45) is 0 Å². The maximum atomic E-state index is 10.7. The summed E-state index contributed by atoms with van der Waals surface area (Å²) in [4.78, 5) is 0. The Bertz CT molecular complexity index is 550. The van der Waals surface area contributed by atoms with E-state index in [1.807, 2.05) is 54.6 Å². The standard InChI is InChI=1S/C16H16O2/c17-15-14-9-5-4-8-13(14)11-16(15,18)10-12-6-2-1-3-7-12/h1-9,15,17-18H,10-11H2/t15-,16-/m0/s1. The van der Waals surface area contributed by atoms with E-state index >= 15 is 0 Å². The molecule has 1 aliphatic carbocycles. The molecule has 0 aromatic heterocycles. The maximum absolute atomic E-state index is 10.7. The Hall–Kier alpha value is -1.64. The van der Waals surface area contributed by atoms with E-state index < -0.39 is 11.7 Å². The minimum atomic E-state index is -1.08. The fourth-order valence-corrected chi connectivity index (χ4v) is 2.79. The van der Waals surface area contributed by atoms with Gasteiger partial charge in [-0.2, -0.15) is 0 Å². The van der Waals surface area contributed by atoms with Gasteiger partial charge in [0.25, 0.3) is 0 Å². The lowest BCUT2D eigenvalue weighted by Crippen LogP contribution is -2.36. The Kier molecular flexibility index (Phi) is 2.69. The highest BCUT2D eigenvalue weighted by Gasteiger charge is 2.43. The van der Waals surface area contributed by atoms with Gasteiger partial charge in [0.1, 0.15) is 11.7 Å². The minimum Gasteiger partial charge on any atom is -0.386 e. The summed E-state index contributed by atoms with van der Waals surface area (Å²) in [7, 11) is 0. The zero-order chi connectivity index (χ0) is 12.6. The Morgan fingerprint density at radius 2 is 1.67 bits per heavy atom. The summed E-state index contributed by atoms with van der Waals surface area (Å²) in [5.74, 6) is 0. The van der Waals surface area contributed by atoms with Crippen molar-refractivity contribution in [2.45, 2.75) is 24.5 Å². The largest absolute Gasteiger partial charge is 0.386 e. The lowest BCUT2D eigenvalue weighted by atomic mass is 9.89. The first-order valence-corrected chi connectivity index (χ1v) is 6.21. The monoisotopic (exact) mass is 240 g/mol. The van der Waals surface area contributed by atoms with E-state index in [0.717, 1.165) is 16.7 Å². The van der Waals surface area contributed by atoms with Crippen LogP contribution < -0.4 is 0 Å². The number of aliphatic hydroxyl groups is 2. The number of benzene rings is 2. The third-order valence-electron chi connectivity index (χ3n) is 3.71. The van der Waals surface area contributed by atoms with Crippen molar-refractivity contribution in [1.82, 2.24) is 0 Å². The van der Waals surface area contributed by atoms with Crippen LogP contribution in [0.15, 0.2) is 54.6 Å². The van der Waals surface area contributed by atoms with Crippen LogP contribution in [0.2, 0.25) is 0 Å². The Morgan fingerprint density at radius 3 is 2.39 bits per heavy atom. The first-order chi connectivity index (χ1) is 8.69. The fraction of sp³-hybridized carbons (Fsp3) is 0.250. The highest BCUT2D eigenvalue weighted by Crippen LogP contribution is 2.40. The van der Waals surface area contributed by atoms with E-state index in [1.54, 1.807) is 0 Å². The number of fused-ring (bicyclic) bond motifs is 1. The van der Waals surface area contributed by atoms with Crippen molar-refractivity contribution in [3.63, 3.8) is 0 Å². The van der Waals surface area contributed by atoms with Gasteiger partial charge in [-0.25, -0.2) is 0 Å². The van der Waals surface area contributed by atoms with Gasteiger partial charge in [0, 0.05) is 12.8 Å². The molecule has 92 valence electrons. The topological polar surface area (TPSA) is 40.5 Å². The average molecular weight is 240 g/mol. The SMILES string of the molecule is O[C@H]1c2ccccc2C[C@@]1(O)Cc1ccccc1. The van der Waals surface area contributed by atoms with Crippen LogP contribution in [0.25, 0.3) is 0 Å². The summed E-state index contributed by atoms with van der Waals surface area (Å²) in [6, 6.07) is 17.5. The Labute approximate surface area is 107 Å². The van der Waals surface area contributed by atoms with Crippen LogP contribution in [0, 0.1) is 0 Å². The third-order valence-corrected chi connectivity index (χ3v) is 3.71. The lowest BCUT2D eigenvalue weighted by molar-refractivity contribution is -0.0636. The maximum Gasteiger partial charge on any atom is 0.109 e. The van der Waals surface area contributed by atoms with Crippen molar-refractivity contribution in [2.75, 3.05) is 0 Å². The Morgan fingerprint density at radius 1 is 1.00 bits per heavy atom. The molecule has 2 aromatic rings. The van der Waals surface area contributed by atoms with E-state index in [9.17, 15) is 10.2 Å². The number of aliphatic hydroxyl groups excluding tert-OH is 1. The predicted molar refractivity (Wildman–Crippen MR) is 70.2 cm³/mol. The van der Waals surface area contributed by atoms with Crippen LogP contribution in [0.5, 0.6) is 0 Å². The molecule has 18 heavy (non-hydrogen) atoms. The number of hydrogen-bond acceptors (Lipinski definition) is 2. The van der Waals surface area contributed by atoms with Crippen LogP contribution >= 0.6 is 0 Å². The molecule has 2 heteroatoms. The summed E-state index contributed by atoms with van der Waals surface area (Å²) in [5, 5.41) is 21.0. The molecule has 0 bridgehead atoms. The van der Waals surface area contributed by atoms with Crippen molar-refractivity contribution >= 4 is 0 Å². The molecule has 0 aliphatic heterocycles. The molecule has 2 aromatic carbocycles. The second kappa shape index (κ2) is 4.23. The minimum absolute atomic E-state index is 0.476. The second-order valence-electron chi connectivity index (χ2n) is 5.04. The van der Waals surface area contributed by atoms with Gasteiger partial charge in [0.15, 0.2) is 0 Å². The average Bonchev–Trinajstić information content (AvgIpc) is 2.63. The van der Waals surface area contributed by atoms with E-state index in [1.165, 1.54) is 0 Å². The molecule has 0 fully saturated rings. The first kappa shape index (κ1) is 11.5. The Balaban J connectivity index is 1.90. The number of hydrogen-bond donors (Lipinski definition) is 2. The molecule has 0 saturated heterocycles. The molecule has 3 rings (SSSR count). The summed E-state index contributed by atoms with van der Waals surface area (Å²) < 4.78 is 0. The first-order valence-electron chi connectivity index (χ1n) is 6.21. The lowest BCUT2D eigenvalue weighted by Gasteiger charge is -2.27. The van der Waals surface area contributed by atoms with E-state index in [0.29, 0.717) is 12.8 Å². The molecule has 0 unspecified atom stereocenters. The van der Waals surface area contributed by atoms with Gasteiger partial charge in [-0.05, 0) is 16.7 Å². The molecule has 0 amide bonds. The highest BCUT2D eigenvalue weighted by atomic mass is 16.3. The summed E-state index contributed by atoms with van der Waals surface area (Å²) in [6.45, 7) is 0. The molecule has 0 spiro atoms. The van der Waals surface area contributed by atoms with E-state index in [4.69, 9.17) is 0 Å². The van der Waals surface area contributed by atoms with Crippen LogP contribution in [0.1, 0.15) is 22.8 Å². The smallest absolute Gasteiger partial charge is 0.109 e. The van der Waals surface area contributed by atoms with Crippen molar-refractivity contribution in [3.05, 3.63) is 71.3 Å². The fourth-order valence-electron chi connectivity index (χ4n) is 2.79. The van der Waals surface area contributed by atoms with Gasteiger partial charge in [0.2, 0.25) is 0 Å². The quantitative estimate of drug-likeness (QED) is 0.845. The second-order valence-corrected chi connectivity index (χ2v) is 5.04. The zero-order valence-electron chi connectivity index (χ0n) is 10.1. The molecule has 0 radical (unpaired) electrons. The molecule has 2 atom stereocenters. The summed E-state index contributed by atoms with van der Waals surface area (Å²) in [5.41, 5.74) is 1.87. The van der Waals surface area contributed by atoms with Gasteiger partial charge >= 0.3 is 0 Å². The van der Waals surface area contributed by atoms with Crippen LogP contribution in [0.3, 0.4) is 0 Å². The van der Waals surface area contributed by atoms with Crippen molar-refractivity contribution < 1.29 is 10.2 Å². The summed E-state index contributed by atoms with van der Waals surface area (Å²) >= 11 is 0. The zero-order valence-corrected chi connectivity index (χ0v) is 10.1. The van der Waals surface area contributed by atoms with E-state index in [-0.39, 0.29) is 0 Å². The van der Waals surface area contributed by atoms with Gasteiger partial charge in [-0.1, -0.05) is 54.6 Å². The van der Waals surface area contributed by atoms with Crippen LogP contribution in [0.4, 0.5) is 0 Å². The van der Waals surface area contributed by atoms with Gasteiger partial charge in [0.05, 0.1) is 0 Å².